The van der Waals surface area contributed by atoms with E-state index >= 15 is 0 Å². The Kier molecular flexibility index (Phi) is 5.41. The van der Waals surface area contributed by atoms with E-state index in [-0.39, 0.29) is 6.42 Å². The zero-order valence-corrected chi connectivity index (χ0v) is 11.9. The van der Waals surface area contributed by atoms with Crippen molar-refractivity contribution in [1.29, 1.82) is 0 Å². The Balaban J connectivity index is 1.86. The molecule has 0 spiro atoms. The maximum absolute atomic E-state index is 10.6. The molecule has 20 heavy (non-hydrogen) atoms. The number of hydrogen-bond donors (Lipinski definition) is 1. The maximum atomic E-state index is 10.6. The van der Waals surface area contributed by atoms with Crippen molar-refractivity contribution in [1.82, 2.24) is 0 Å². The summed E-state index contributed by atoms with van der Waals surface area (Å²) in [6, 6.07) is 5.90. The third-order valence-electron chi connectivity index (χ3n) is 3.75. The summed E-state index contributed by atoms with van der Waals surface area (Å²) < 4.78 is 11.2. The smallest absolute Gasteiger partial charge is 0.303 e. The quantitative estimate of drug-likeness (QED) is 0.869. The predicted octanol–water partition coefficient (Wildman–Crippen LogP) is 2.82. The summed E-state index contributed by atoms with van der Waals surface area (Å²) in [4.78, 5) is 10.6. The van der Waals surface area contributed by atoms with Gasteiger partial charge in [0.05, 0.1) is 6.61 Å². The zero-order valence-electron chi connectivity index (χ0n) is 11.9. The third-order valence-corrected chi connectivity index (χ3v) is 3.75. The molecule has 1 aliphatic heterocycles. The van der Waals surface area contributed by atoms with Crippen LogP contribution in [-0.4, -0.2) is 30.9 Å². The lowest BCUT2D eigenvalue weighted by molar-refractivity contribution is -0.136. The van der Waals surface area contributed by atoms with Gasteiger partial charge in [-0.2, -0.15) is 0 Å². The maximum Gasteiger partial charge on any atom is 0.303 e. The fourth-order valence-corrected chi connectivity index (χ4v) is 2.41. The van der Waals surface area contributed by atoms with Crippen molar-refractivity contribution in [2.75, 3.05) is 19.8 Å². The molecule has 1 aromatic rings. The number of hydrogen-bond acceptors (Lipinski definition) is 3. The van der Waals surface area contributed by atoms with Crippen LogP contribution in [0.1, 0.15) is 30.4 Å². The van der Waals surface area contributed by atoms with E-state index in [4.69, 9.17) is 14.6 Å². The number of carboxylic acids is 1. The molecule has 0 unspecified atom stereocenters. The van der Waals surface area contributed by atoms with Crippen LogP contribution in [0.15, 0.2) is 18.2 Å². The summed E-state index contributed by atoms with van der Waals surface area (Å²) in [5.74, 6) is 0.688. The van der Waals surface area contributed by atoms with Gasteiger partial charge in [-0.05, 0) is 55.4 Å². The molecular formula is C16H22O4. The SMILES string of the molecule is Cc1cc(OCC2CCOCC2)ccc1CCC(=O)O. The van der Waals surface area contributed by atoms with Crippen molar-refractivity contribution < 1.29 is 19.4 Å². The fourth-order valence-electron chi connectivity index (χ4n) is 2.41. The van der Waals surface area contributed by atoms with Crippen LogP contribution in [0.3, 0.4) is 0 Å². The van der Waals surface area contributed by atoms with Crippen molar-refractivity contribution in [3.8, 4) is 5.75 Å². The molecule has 1 N–H and O–H groups in total. The third kappa shape index (κ3) is 4.53. The van der Waals surface area contributed by atoms with Gasteiger partial charge < -0.3 is 14.6 Å². The molecule has 0 bridgehead atoms. The lowest BCUT2D eigenvalue weighted by Crippen LogP contribution is -2.21. The molecule has 110 valence electrons. The van der Waals surface area contributed by atoms with Crippen LogP contribution in [0.25, 0.3) is 0 Å². The van der Waals surface area contributed by atoms with Gasteiger partial charge in [-0.25, -0.2) is 0 Å². The highest BCUT2D eigenvalue weighted by atomic mass is 16.5. The van der Waals surface area contributed by atoms with E-state index in [0.29, 0.717) is 12.3 Å². The van der Waals surface area contributed by atoms with Gasteiger partial charge in [0.15, 0.2) is 0 Å². The second kappa shape index (κ2) is 7.29. The minimum atomic E-state index is -0.760. The molecule has 0 saturated carbocycles. The first-order chi connectivity index (χ1) is 9.65. The summed E-state index contributed by atoms with van der Waals surface area (Å²) in [5, 5.41) is 8.71. The molecule has 0 aliphatic carbocycles. The average molecular weight is 278 g/mol. The zero-order chi connectivity index (χ0) is 14.4. The second-order valence-electron chi connectivity index (χ2n) is 5.35. The molecule has 0 radical (unpaired) electrons. The highest BCUT2D eigenvalue weighted by Crippen LogP contribution is 2.21. The molecule has 2 rings (SSSR count). The molecular weight excluding hydrogens is 256 g/mol. The van der Waals surface area contributed by atoms with Gasteiger partial charge in [0.1, 0.15) is 5.75 Å². The van der Waals surface area contributed by atoms with E-state index in [2.05, 4.69) is 0 Å². The number of aryl methyl sites for hydroxylation is 2. The van der Waals surface area contributed by atoms with Crippen LogP contribution >= 0.6 is 0 Å². The monoisotopic (exact) mass is 278 g/mol. The lowest BCUT2D eigenvalue weighted by Gasteiger charge is -2.22. The molecule has 1 aromatic carbocycles. The van der Waals surface area contributed by atoms with Crippen LogP contribution in [0.4, 0.5) is 0 Å². The average Bonchev–Trinajstić information content (AvgIpc) is 2.45. The largest absolute Gasteiger partial charge is 0.493 e. The lowest BCUT2D eigenvalue weighted by atomic mass is 10.0. The van der Waals surface area contributed by atoms with E-state index in [9.17, 15) is 4.79 Å². The van der Waals surface area contributed by atoms with Gasteiger partial charge in [-0.1, -0.05) is 6.07 Å². The number of benzene rings is 1. The van der Waals surface area contributed by atoms with Crippen LogP contribution in [0.5, 0.6) is 5.75 Å². The van der Waals surface area contributed by atoms with E-state index < -0.39 is 5.97 Å². The molecule has 1 aliphatic rings. The number of carboxylic acid groups (broad SMARTS) is 1. The highest BCUT2D eigenvalue weighted by Gasteiger charge is 2.14. The van der Waals surface area contributed by atoms with Crippen LogP contribution in [0, 0.1) is 12.8 Å². The minimum absolute atomic E-state index is 0.170. The molecule has 1 heterocycles. The van der Waals surface area contributed by atoms with E-state index in [1.54, 1.807) is 0 Å². The van der Waals surface area contributed by atoms with Crippen LogP contribution < -0.4 is 4.74 Å². The molecule has 0 amide bonds. The first-order valence-corrected chi connectivity index (χ1v) is 7.17. The van der Waals surface area contributed by atoms with Crippen LogP contribution in [0.2, 0.25) is 0 Å². The van der Waals surface area contributed by atoms with Crippen molar-refractivity contribution in [2.24, 2.45) is 5.92 Å². The first-order valence-electron chi connectivity index (χ1n) is 7.17. The van der Waals surface area contributed by atoms with E-state index in [0.717, 1.165) is 49.5 Å². The summed E-state index contributed by atoms with van der Waals surface area (Å²) in [6.45, 7) is 4.40. The van der Waals surface area contributed by atoms with Crippen molar-refractivity contribution in [3.05, 3.63) is 29.3 Å². The molecule has 0 aromatic heterocycles. The Bertz CT molecular complexity index is 450. The van der Waals surface area contributed by atoms with E-state index in [1.807, 2.05) is 25.1 Å². The van der Waals surface area contributed by atoms with Gasteiger partial charge >= 0.3 is 5.97 Å². The Labute approximate surface area is 119 Å². The Hall–Kier alpha value is -1.55. The van der Waals surface area contributed by atoms with Gasteiger partial charge in [0.2, 0.25) is 0 Å². The summed E-state index contributed by atoms with van der Waals surface area (Å²) >= 11 is 0. The number of rotatable bonds is 6. The molecule has 0 atom stereocenters. The number of ether oxygens (including phenoxy) is 2. The van der Waals surface area contributed by atoms with Crippen LogP contribution in [-0.2, 0) is 16.0 Å². The van der Waals surface area contributed by atoms with Gasteiger partial charge in [0, 0.05) is 19.6 Å². The van der Waals surface area contributed by atoms with Crippen molar-refractivity contribution in [2.45, 2.75) is 32.6 Å². The summed E-state index contributed by atoms with van der Waals surface area (Å²) in [6.07, 6.45) is 2.87. The molecule has 1 fully saturated rings. The highest BCUT2D eigenvalue weighted by molar-refractivity contribution is 5.67. The molecule has 4 nitrogen and oxygen atoms in total. The predicted molar refractivity (Wildman–Crippen MR) is 76.2 cm³/mol. The Morgan fingerprint density at radius 2 is 2.15 bits per heavy atom. The first kappa shape index (κ1) is 14.9. The molecule has 1 saturated heterocycles. The summed E-state index contributed by atoms with van der Waals surface area (Å²) in [5.41, 5.74) is 2.17. The van der Waals surface area contributed by atoms with Gasteiger partial charge in [0.25, 0.3) is 0 Å². The number of aliphatic carboxylic acids is 1. The van der Waals surface area contributed by atoms with Crippen molar-refractivity contribution >= 4 is 5.97 Å². The summed E-state index contributed by atoms with van der Waals surface area (Å²) in [7, 11) is 0. The minimum Gasteiger partial charge on any atom is -0.493 e. The normalized spacial score (nSPS) is 16.1. The van der Waals surface area contributed by atoms with Crippen molar-refractivity contribution in [3.63, 3.8) is 0 Å². The molecule has 4 heteroatoms. The fraction of sp³-hybridized carbons (Fsp3) is 0.562. The second-order valence-corrected chi connectivity index (χ2v) is 5.35. The Morgan fingerprint density at radius 3 is 2.80 bits per heavy atom. The van der Waals surface area contributed by atoms with Gasteiger partial charge in [-0.15, -0.1) is 0 Å². The standard InChI is InChI=1S/C16H22O4/c1-12-10-15(4-2-14(12)3-5-16(17)18)20-11-13-6-8-19-9-7-13/h2,4,10,13H,3,5-9,11H2,1H3,(H,17,18). The van der Waals surface area contributed by atoms with E-state index in [1.165, 1.54) is 0 Å². The topological polar surface area (TPSA) is 55.8 Å². The number of carbonyl (C=O) groups is 1. The Morgan fingerprint density at radius 1 is 1.40 bits per heavy atom. The van der Waals surface area contributed by atoms with Gasteiger partial charge in [-0.3, -0.25) is 4.79 Å².